The van der Waals surface area contributed by atoms with Gasteiger partial charge in [-0.05, 0) is 44.1 Å². The van der Waals surface area contributed by atoms with Crippen LogP contribution >= 0.6 is 0 Å². The predicted molar refractivity (Wildman–Crippen MR) is 162 cm³/mol. The minimum atomic E-state index is -2.00. The summed E-state index contributed by atoms with van der Waals surface area (Å²) in [5, 5.41) is 22.1. The Kier molecular flexibility index (Phi) is 7.07. The number of hydrogen-bond donors (Lipinski definition) is 2. The molecule has 0 unspecified atom stereocenters. The zero-order valence-electron chi connectivity index (χ0n) is 27.1. The number of ketones is 1. The van der Waals surface area contributed by atoms with Crippen molar-refractivity contribution in [2.45, 2.75) is 94.2 Å². The molecule has 1 aromatic rings. The van der Waals surface area contributed by atoms with E-state index in [2.05, 4.69) is 0 Å². The van der Waals surface area contributed by atoms with E-state index in [-0.39, 0.29) is 30.7 Å². The summed E-state index contributed by atoms with van der Waals surface area (Å²) >= 11 is 0. The molecule has 2 saturated heterocycles. The number of rotatable bonds is 5. The van der Waals surface area contributed by atoms with Gasteiger partial charge in [0, 0.05) is 56.7 Å². The molecule has 2 saturated carbocycles. The van der Waals surface area contributed by atoms with E-state index < -0.39 is 82.1 Å². The van der Waals surface area contributed by atoms with Gasteiger partial charge >= 0.3 is 12.1 Å². The number of nitrogens with zero attached hydrogens (tertiary/aromatic N) is 1. The Morgan fingerprint density at radius 2 is 1.73 bits per heavy atom. The van der Waals surface area contributed by atoms with E-state index in [9.17, 15) is 24.6 Å². The van der Waals surface area contributed by atoms with E-state index in [4.69, 9.17) is 18.9 Å². The lowest BCUT2D eigenvalue weighted by Crippen LogP contribution is -2.72. The number of hydrogen-bond acceptors (Lipinski definition) is 10. The van der Waals surface area contributed by atoms with Crippen molar-refractivity contribution < 1.29 is 48.3 Å². The number of carbonyl (C=O) groups is 4. The number of amides is 1. The van der Waals surface area contributed by atoms with Gasteiger partial charge in [-0.3, -0.25) is 4.79 Å². The van der Waals surface area contributed by atoms with Crippen LogP contribution in [-0.2, 0) is 28.5 Å². The van der Waals surface area contributed by atoms with E-state index in [1.807, 2.05) is 0 Å². The van der Waals surface area contributed by atoms with Gasteiger partial charge in [-0.25, -0.2) is 9.59 Å². The van der Waals surface area contributed by atoms with Gasteiger partial charge < -0.3 is 38.9 Å². The van der Waals surface area contributed by atoms with Crippen LogP contribution < -0.4 is 0 Å². The van der Waals surface area contributed by atoms with Crippen molar-refractivity contribution in [1.29, 1.82) is 0 Å². The number of carbonyl (C=O) groups excluding carboxylic acids is 4. The Morgan fingerprint density at radius 3 is 2.27 bits per heavy atom. The van der Waals surface area contributed by atoms with E-state index in [1.54, 1.807) is 58.0 Å². The Hall–Kier alpha value is -3.06. The zero-order chi connectivity index (χ0) is 33.1. The summed E-state index contributed by atoms with van der Waals surface area (Å²) in [6, 6.07) is 8.28. The lowest BCUT2D eigenvalue weighted by molar-refractivity contribution is -0.241. The first kappa shape index (κ1) is 31.9. The number of benzene rings is 1. The molecule has 11 nitrogen and oxygen atoms in total. The van der Waals surface area contributed by atoms with Crippen LogP contribution in [0, 0.1) is 10.8 Å². The van der Waals surface area contributed by atoms with Gasteiger partial charge in [0.1, 0.15) is 23.9 Å². The highest BCUT2D eigenvalue weighted by Gasteiger charge is 2.99. The monoisotopic (exact) mass is 623 g/mol. The average Bonchev–Trinajstić information content (AvgIpc) is 3.66. The van der Waals surface area contributed by atoms with Crippen molar-refractivity contribution in [3.8, 4) is 0 Å². The highest BCUT2D eigenvalue weighted by Crippen LogP contribution is 2.93. The van der Waals surface area contributed by atoms with Crippen LogP contribution in [0.5, 0.6) is 0 Å². The third-order valence-corrected chi connectivity index (χ3v) is 12.2. The summed E-state index contributed by atoms with van der Waals surface area (Å²) in [5.74, 6) is -1.23. The maximum Gasteiger partial charge on any atom is 0.409 e. The van der Waals surface area contributed by atoms with Crippen LogP contribution in [0.15, 0.2) is 41.5 Å². The standard InChI is InChI=1S/C33H42BNO10/c1-17-20(37)15-32(41)27(45-26(39)19-12-10-9-11-13-19)33-30(5,25(38)24(42-8)23(17)29(32,3)4)21(44-28(40)35(6)7)14-22-31(33,16-43-22)34(33)18(2)36/h9-13,20-22,24,27,37,41H,14-16H2,1-8H3/t20-,21-,22+,24+,27+,30-,31-,32+,33+/m0/s1. The minimum Gasteiger partial charge on any atom is -0.456 e. The van der Waals surface area contributed by atoms with Crippen LogP contribution in [-0.4, -0.2) is 109 Å². The molecule has 3 aliphatic carbocycles. The van der Waals surface area contributed by atoms with E-state index in [0.717, 1.165) is 0 Å². The highest BCUT2D eigenvalue weighted by molar-refractivity contribution is 7.04. The van der Waals surface area contributed by atoms with Gasteiger partial charge in [0.05, 0.1) is 28.9 Å². The van der Waals surface area contributed by atoms with Crippen LogP contribution in [0.4, 0.5) is 4.79 Å². The van der Waals surface area contributed by atoms with Crippen molar-refractivity contribution >= 4 is 30.2 Å². The van der Waals surface area contributed by atoms with Crippen LogP contribution in [0.2, 0.25) is 10.6 Å². The lowest BCUT2D eigenvalue weighted by Gasteiger charge is -2.65. The molecule has 0 radical (unpaired) electrons. The van der Waals surface area contributed by atoms with Crippen LogP contribution in [0.1, 0.15) is 57.8 Å². The molecule has 2 aliphatic heterocycles. The fourth-order valence-electron chi connectivity index (χ4n) is 10.0. The summed E-state index contributed by atoms with van der Waals surface area (Å²) in [5.41, 5.74) is -4.21. The van der Waals surface area contributed by atoms with Gasteiger partial charge in [0.2, 0.25) is 6.71 Å². The van der Waals surface area contributed by atoms with Gasteiger partial charge in [-0.15, -0.1) is 0 Å². The molecule has 2 N–H and O–H groups in total. The van der Waals surface area contributed by atoms with Crippen LogP contribution in [0.25, 0.3) is 0 Å². The van der Waals surface area contributed by atoms with Gasteiger partial charge in [0.25, 0.3) is 0 Å². The molecule has 12 heteroatoms. The van der Waals surface area contributed by atoms with Crippen molar-refractivity contribution in [2.75, 3.05) is 27.8 Å². The summed E-state index contributed by atoms with van der Waals surface area (Å²) in [6.45, 7) is 7.46. The van der Waals surface area contributed by atoms with E-state index in [0.29, 0.717) is 11.1 Å². The molecule has 9 atom stereocenters. The normalized spacial score (nSPS) is 40.9. The smallest absolute Gasteiger partial charge is 0.409 e. The maximum absolute atomic E-state index is 15.3. The molecular weight excluding hydrogens is 581 g/mol. The Labute approximate surface area is 263 Å². The molecule has 4 fully saturated rings. The first-order valence-corrected chi connectivity index (χ1v) is 15.4. The number of Topliss-reactive ketones (excluding diaryl/α,β-unsaturated/α-hetero) is 1. The molecule has 5 aliphatic rings. The quantitative estimate of drug-likeness (QED) is 0.285. The van der Waals surface area contributed by atoms with Gasteiger partial charge in [-0.2, -0.15) is 0 Å². The van der Waals surface area contributed by atoms with E-state index in [1.165, 1.54) is 33.0 Å². The number of aliphatic hydroxyl groups is 2. The fourth-order valence-corrected chi connectivity index (χ4v) is 10.0. The third-order valence-electron chi connectivity index (χ3n) is 12.2. The van der Waals surface area contributed by atoms with E-state index >= 15 is 4.79 Å². The minimum absolute atomic E-state index is 0.0803. The van der Waals surface area contributed by atoms with Gasteiger partial charge in [0.15, 0.2) is 5.78 Å². The van der Waals surface area contributed by atoms with Crippen molar-refractivity contribution in [3.63, 3.8) is 0 Å². The van der Waals surface area contributed by atoms with Crippen molar-refractivity contribution in [1.82, 2.24) is 4.90 Å². The number of aliphatic hydroxyl groups excluding tert-OH is 1. The first-order chi connectivity index (χ1) is 21.0. The van der Waals surface area contributed by atoms with Crippen molar-refractivity contribution in [2.24, 2.45) is 10.8 Å². The summed E-state index contributed by atoms with van der Waals surface area (Å²) in [6.07, 6.45) is -6.54. The Bertz CT molecular complexity index is 1510. The topological polar surface area (TPSA) is 149 Å². The summed E-state index contributed by atoms with van der Waals surface area (Å²) < 4.78 is 24.6. The molecule has 2 spiro atoms. The molecule has 1 aromatic carbocycles. The molecule has 1 amide bonds. The number of methoxy groups -OCH3 is 1. The second-order valence-electron chi connectivity index (χ2n) is 14.5. The molecular formula is C33H42BNO10. The molecule has 6 rings (SSSR count). The highest BCUT2D eigenvalue weighted by atomic mass is 16.6. The van der Waals surface area contributed by atoms with Gasteiger partial charge in [-0.1, -0.05) is 32.0 Å². The number of fused-ring (bicyclic) bond motifs is 2. The lowest BCUT2D eigenvalue weighted by atomic mass is 9.40. The zero-order valence-corrected chi connectivity index (χ0v) is 27.1. The molecule has 45 heavy (non-hydrogen) atoms. The fraction of sp³-hybridized carbons (Fsp3) is 0.636. The molecule has 0 aromatic heterocycles. The first-order valence-electron chi connectivity index (χ1n) is 15.4. The van der Waals surface area contributed by atoms with Crippen molar-refractivity contribution in [3.05, 3.63) is 47.0 Å². The second-order valence-corrected chi connectivity index (χ2v) is 14.5. The SMILES string of the molecule is CO[C@H]1C(=O)[C@]2(C)[C@@H](OC(=O)N(C)C)C[C@H]3OC[C@]34B(C(C)=O)[C@@]42[C@H](OC(=O)c2ccccc2)[C@]2(O)C[C@H](O)C(C)=C1C2(C)C. The third kappa shape index (κ3) is 3.62. The largest absolute Gasteiger partial charge is 0.456 e. The molecule has 242 valence electrons. The Morgan fingerprint density at radius 1 is 1.09 bits per heavy atom. The summed E-state index contributed by atoms with van der Waals surface area (Å²) in [7, 11) is 4.43. The molecule has 2 heterocycles. The average molecular weight is 624 g/mol. The Balaban J connectivity index is 1.70. The summed E-state index contributed by atoms with van der Waals surface area (Å²) in [4.78, 5) is 57.6. The number of ether oxygens (including phenoxy) is 4. The number of esters is 1. The van der Waals surface area contributed by atoms with Crippen LogP contribution in [0.3, 0.4) is 0 Å². The molecule has 2 bridgehead atoms. The maximum atomic E-state index is 15.3. The second kappa shape index (κ2) is 9.97. The predicted octanol–water partition coefficient (Wildman–Crippen LogP) is 2.64.